The van der Waals surface area contributed by atoms with E-state index in [0.29, 0.717) is 5.02 Å². The minimum absolute atomic E-state index is 0.0480. The van der Waals surface area contributed by atoms with Gasteiger partial charge in [0.05, 0.1) is 13.2 Å². The molecule has 0 bridgehead atoms. The zero-order chi connectivity index (χ0) is 13.1. The van der Waals surface area contributed by atoms with Gasteiger partial charge in [0.1, 0.15) is 10.6 Å². The highest BCUT2D eigenvalue weighted by atomic mass is 35.5. The van der Waals surface area contributed by atoms with Crippen LogP contribution in [0, 0.1) is 0 Å². The molecule has 0 saturated carbocycles. The lowest BCUT2D eigenvalue weighted by Crippen LogP contribution is -2.30. The molecule has 1 aromatic rings. The number of ether oxygens (including phenoxy) is 1. The third kappa shape index (κ3) is 3.85. The maximum absolute atomic E-state index is 11.9. The van der Waals surface area contributed by atoms with Crippen LogP contribution in [0.15, 0.2) is 23.1 Å². The van der Waals surface area contributed by atoms with Crippen LogP contribution in [0.5, 0.6) is 5.75 Å². The van der Waals surface area contributed by atoms with E-state index in [1.807, 2.05) is 0 Å². The van der Waals surface area contributed by atoms with Crippen molar-refractivity contribution in [3.8, 4) is 5.75 Å². The van der Waals surface area contributed by atoms with Gasteiger partial charge in [0.25, 0.3) is 0 Å². The molecule has 7 heteroatoms. The summed E-state index contributed by atoms with van der Waals surface area (Å²) in [5, 5.41) is 9.35. The topological polar surface area (TPSA) is 75.6 Å². The molecular formula is C10H14ClNO4S. The van der Waals surface area contributed by atoms with Crippen molar-refractivity contribution in [2.75, 3.05) is 13.7 Å². The fourth-order valence-electron chi connectivity index (χ4n) is 1.17. The Morgan fingerprint density at radius 1 is 1.53 bits per heavy atom. The van der Waals surface area contributed by atoms with E-state index in [0.717, 1.165) is 0 Å². The summed E-state index contributed by atoms with van der Waals surface area (Å²) < 4.78 is 31.0. The summed E-state index contributed by atoms with van der Waals surface area (Å²) in [6.07, 6.45) is -0.769. The molecule has 17 heavy (non-hydrogen) atoms. The Bertz CT molecular complexity index is 487. The van der Waals surface area contributed by atoms with Crippen molar-refractivity contribution in [3.05, 3.63) is 23.2 Å². The molecule has 0 amide bonds. The first kappa shape index (κ1) is 14.2. The Hall–Kier alpha value is -0.820. The molecule has 0 aliphatic heterocycles. The quantitative estimate of drug-likeness (QED) is 0.843. The summed E-state index contributed by atoms with van der Waals surface area (Å²) in [5.41, 5.74) is 0. The molecule has 1 aromatic carbocycles. The summed E-state index contributed by atoms with van der Waals surface area (Å²) in [6, 6.07) is 4.30. The number of nitrogens with one attached hydrogen (secondary N) is 1. The molecule has 96 valence electrons. The number of halogens is 1. The molecule has 0 spiro atoms. The van der Waals surface area contributed by atoms with E-state index >= 15 is 0 Å². The van der Waals surface area contributed by atoms with Crippen molar-refractivity contribution in [1.82, 2.24) is 4.72 Å². The first-order valence-electron chi connectivity index (χ1n) is 4.88. The normalized spacial score (nSPS) is 13.4. The molecule has 0 aromatic heterocycles. The van der Waals surface area contributed by atoms with Crippen LogP contribution in [0.25, 0.3) is 0 Å². The van der Waals surface area contributed by atoms with Crippen molar-refractivity contribution in [1.29, 1.82) is 0 Å². The predicted octanol–water partition coefficient (Wildman–Crippen LogP) is 1.01. The molecule has 1 atom stereocenters. The molecule has 0 saturated heterocycles. The number of hydrogen-bond acceptors (Lipinski definition) is 4. The molecule has 1 rings (SSSR count). The number of hydrogen-bond donors (Lipinski definition) is 2. The second kappa shape index (κ2) is 5.68. The highest BCUT2D eigenvalue weighted by molar-refractivity contribution is 7.89. The highest BCUT2D eigenvalue weighted by Gasteiger charge is 2.20. The molecule has 5 nitrogen and oxygen atoms in total. The number of sulfonamides is 1. The van der Waals surface area contributed by atoms with E-state index < -0.39 is 16.1 Å². The molecule has 0 unspecified atom stereocenters. The molecule has 0 aliphatic rings. The van der Waals surface area contributed by atoms with Crippen molar-refractivity contribution in [3.63, 3.8) is 0 Å². The van der Waals surface area contributed by atoms with Gasteiger partial charge in [-0.2, -0.15) is 0 Å². The van der Waals surface area contributed by atoms with E-state index in [4.69, 9.17) is 21.4 Å². The Morgan fingerprint density at radius 2 is 2.18 bits per heavy atom. The van der Waals surface area contributed by atoms with Gasteiger partial charge in [-0.3, -0.25) is 0 Å². The number of rotatable bonds is 5. The smallest absolute Gasteiger partial charge is 0.244 e. The lowest BCUT2D eigenvalue weighted by atomic mass is 10.3. The fourth-order valence-corrected chi connectivity index (χ4v) is 2.72. The maximum atomic E-state index is 11.9. The van der Waals surface area contributed by atoms with Gasteiger partial charge in [0.2, 0.25) is 10.0 Å². The van der Waals surface area contributed by atoms with Crippen LogP contribution in [-0.2, 0) is 10.0 Å². The zero-order valence-electron chi connectivity index (χ0n) is 9.47. The van der Waals surface area contributed by atoms with Gasteiger partial charge in [-0.1, -0.05) is 11.6 Å². The Morgan fingerprint density at radius 3 is 2.71 bits per heavy atom. The van der Waals surface area contributed by atoms with Gasteiger partial charge >= 0.3 is 0 Å². The number of benzene rings is 1. The zero-order valence-corrected chi connectivity index (χ0v) is 11.0. The second-order valence-electron chi connectivity index (χ2n) is 3.50. The average molecular weight is 280 g/mol. The van der Waals surface area contributed by atoms with Gasteiger partial charge in [-0.15, -0.1) is 0 Å². The van der Waals surface area contributed by atoms with Crippen LogP contribution in [0.2, 0.25) is 5.02 Å². The lowest BCUT2D eigenvalue weighted by molar-refractivity contribution is 0.198. The van der Waals surface area contributed by atoms with E-state index in [2.05, 4.69) is 4.72 Å². The number of aliphatic hydroxyl groups is 1. The molecule has 0 fully saturated rings. The minimum Gasteiger partial charge on any atom is -0.495 e. The monoisotopic (exact) mass is 279 g/mol. The van der Waals surface area contributed by atoms with Gasteiger partial charge < -0.3 is 9.84 Å². The minimum atomic E-state index is -3.74. The standard InChI is InChI=1S/C10H14ClNO4S/c1-7(13)6-12-17(14,15)10-5-8(11)3-4-9(10)16-2/h3-5,7,12-13H,6H2,1-2H3/t7-/m0/s1. The summed E-state index contributed by atoms with van der Waals surface area (Å²) in [6.45, 7) is 1.41. The van der Waals surface area contributed by atoms with E-state index in [1.54, 1.807) is 0 Å². The summed E-state index contributed by atoms with van der Waals surface area (Å²) >= 11 is 5.75. The average Bonchev–Trinajstić information content (AvgIpc) is 2.26. The summed E-state index contributed by atoms with van der Waals surface area (Å²) in [7, 11) is -2.37. The first-order valence-corrected chi connectivity index (χ1v) is 6.74. The van der Waals surface area contributed by atoms with Gasteiger partial charge in [0.15, 0.2) is 0 Å². The molecule has 0 radical (unpaired) electrons. The lowest BCUT2D eigenvalue weighted by Gasteiger charge is -2.11. The number of methoxy groups -OCH3 is 1. The van der Waals surface area contributed by atoms with Gasteiger partial charge in [-0.05, 0) is 25.1 Å². The van der Waals surface area contributed by atoms with Crippen molar-refractivity contribution < 1.29 is 18.3 Å². The van der Waals surface area contributed by atoms with Crippen molar-refractivity contribution in [2.45, 2.75) is 17.9 Å². The maximum Gasteiger partial charge on any atom is 0.244 e. The molecular weight excluding hydrogens is 266 g/mol. The molecule has 0 heterocycles. The second-order valence-corrected chi connectivity index (χ2v) is 5.67. The van der Waals surface area contributed by atoms with Crippen LogP contribution in [0.3, 0.4) is 0 Å². The van der Waals surface area contributed by atoms with Crippen molar-refractivity contribution in [2.24, 2.45) is 0 Å². The van der Waals surface area contributed by atoms with Gasteiger partial charge in [-0.25, -0.2) is 13.1 Å². The Labute approximate surface area is 105 Å². The summed E-state index contributed by atoms with van der Waals surface area (Å²) in [5.74, 6) is 0.201. The van der Waals surface area contributed by atoms with Crippen LogP contribution >= 0.6 is 11.6 Å². The van der Waals surface area contributed by atoms with Crippen LogP contribution in [0.1, 0.15) is 6.92 Å². The van der Waals surface area contributed by atoms with E-state index in [-0.39, 0.29) is 17.2 Å². The number of aliphatic hydroxyl groups excluding tert-OH is 1. The third-order valence-electron chi connectivity index (χ3n) is 1.98. The SMILES string of the molecule is COc1ccc(Cl)cc1S(=O)(=O)NC[C@H](C)O. The predicted molar refractivity (Wildman–Crippen MR) is 64.9 cm³/mol. The first-order chi connectivity index (χ1) is 7.86. The van der Waals surface area contributed by atoms with Crippen LogP contribution in [0.4, 0.5) is 0 Å². The van der Waals surface area contributed by atoms with E-state index in [9.17, 15) is 8.42 Å². The van der Waals surface area contributed by atoms with Gasteiger partial charge in [0, 0.05) is 11.6 Å². The molecule has 0 aliphatic carbocycles. The fraction of sp³-hybridized carbons (Fsp3) is 0.400. The summed E-state index contributed by atoms with van der Waals surface area (Å²) in [4.78, 5) is -0.0480. The van der Waals surface area contributed by atoms with Crippen LogP contribution < -0.4 is 9.46 Å². The third-order valence-corrected chi connectivity index (χ3v) is 3.66. The Balaban J connectivity index is 3.09. The molecule has 2 N–H and O–H groups in total. The highest BCUT2D eigenvalue weighted by Crippen LogP contribution is 2.26. The Kier molecular flexibility index (Phi) is 4.76. The van der Waals surface area contributed by atoms with Crippen LogP contribution in [-0.4, -0.2) is 33.3 Å². The van der Waals surface area contributed by atoms with Crippen molar-refractivity contribution >= 4 is 21.6 Å². The largest absolute Gasteiger partial charge is 0.495 e. The van der Waals surface area contributed by atoms with E-state index in [1.165, 1.54) is 32.2 Å².